The van der Waals surface area contributed by atoms with Gasteiger partial charge in [0.15, 0.2) is 0 Å². The van der Waals surface area contributed by atoms with Gasteiger partial charge in [-0.3, -0.25) is 9.10 Å². The highest BCUT2D eigenvalue weighted by Crippen LogP contribution is 2.25. The summed E-state index contributed by atoms with van der Waals surface area (Å²) in [5.41, 5.74) is 4.19. The van der Waals surface area contributed by atoms with E-state index in [1.807, 2.05) is 86.6 Å². The van der Waals surface area contributed by atoms with Crippen LogP contribution in [-0.4, -0.2) is 27.1 Å². The van der Waals surface area contributed by atoms with E-state index < -0.39 is 10.0 Å². The average molecular weight is 423 g/mol. The Morgan fingerprint density at radius 1 is 0.900 bits per heavy atom. The summed E-state index contributed by atoms with van der Waals surface area (Å²) in [5, 5.41) is 3.01. The monoisotopic (exact) mass is 422 g/mol. The number of nitrogens with zero attached hydrogens (tertiary/aromatic N) is 1. The fourth-order valence-corrected chi connectivity index (χ4v) is 4.37. The Morgan fingerprint density at radius 2 is 1.43 bits per heavy atom. The van der Waals surface area contributed by atoms with Gasteiger partial charge in [-0.25, -0.2) is 8.42 Å². The lowest BCUT2D eigenvalue weighted by molar-refractivity contribution is -0.120. The molecule has 0 fully saturated rings. The minimum absolute atomic E-state index is 0.293. The summed E-state index contributed by atoms with van der Waals surface area (Å²) in [7, 11) is -3.64. The molecule has 0 atom stereocenters. The van der Waals surface area contributed by atoms with Crippen LogP contribution in [-0.2, 0) is 14.8 Å². The van der Waals surface area contributed by atoms with Crippen LogP contribution in [0.15, 0.2) is 78.9 Å². The molecule has 0 saturated carbocycles. The molecule has 0 aliphatic heterocycles. The van der Waals surface area contributed by atoms with Crippen LogP contribution in [0.1, 0.15) is 28.3 Å². The zero-order valence-corrected chi connectivity index (χ0v) is 18.2. The summed E-state index contributed by atoms with van der Waals surface area (Å²) < 4.78 is 26.1. The summed E-state index contributed by atoms with van der Waals surface area (Å²) in [4.78, 5) is 13.0. The Morgan fingerprint density at radius 3 is 1.90 bits per heavy atom. The highest BCUT2D eigenvalue weighted by atomic mass is 32.2. The number of benzene rings is 3. The molecule has 0 aromatic heterocycles. The van der Waals surface area contributed by atoms with Crippen molar-refractivity contribution in [2.75, 3.05) is 17.1 Å². The Balaban J connectivity index is 1.89. The lowest BCUT2D eigenvalue weighted by atomic mass is 9.99. The molecule has 0 bridgehead atoms. The number of aryl methyl sites for hydroxylation is 2. The van der Waals surface area contributed by atoms with Gasteiger partial charge in [-0.15, -0.1) is 0 Å². The molecule has 3 aromatic carbocycles. The minimum atomic E-state index is -3.64. The van der Waals surface area contributed by atoms with Crippen molar-refractivity contribution in [2.45, 2.75) is 19.9 Å². The summed E-state index contributed by atoms with van der Waals surface area (Å²) in [5.74, 6) is -0.377. The quantitative estimate of drug-likeness (QED) is 0.626. The van der Waals surface area contributed by atoms with E-state index in [1.54, 1.807) is 6.07 Å². The molecule has 5 nitrogen and oxygen atoms in total. The summed E-state index contributed by atoms with van der Waals surface area (Å²) >= 11 is 0. The Bertz CT molecular complexity index is 1070. The number of hydrogen-bond donors (Lipinski definition) is 1. The van der Waals surface area contributed by atoms with E-state index in [2.05, 4.69) is 5.32 Å². The number of anilines is 1. The second kappa shape index (κ2) is 9.13. The number of carbonyl (C=O) groups is 1. The van der Waals surface area contributed by atoms with E-state index in [4.69, 9.17) is 0 Å². The van der Waals surface area contributed by atoms with Crippen molar-refractivity contribution < 1.29 is 13.2 Å². The van der Waals surface area contributed by atoms with Crippen LogP contribution in [0.2, 0.25) is 0 Å². The van der Waals surface area contributed by atoms with Gasteiger partial charge in [-0.05, 0) is 36.6 Å². The molecule has 0 unspecified atom stereocenters. The molecule has 0 aliphatic carbocycles. The van der Waals surface area contributed by atoms with E-state index in [-0.39, 0.29) is 18.5 Å². The van der Waals surface area contributed by atoms with Gasteiger partial charge in [-0.2, -0.15) is 0 Å². The standard InChI is InChI=1S/C24H26N2O3S/c1-18-14-15-22(19(2)16-18)26(30(3,28)29)17-23(27)25-24(20-10-6-4-7-11-20)21-12-8-5-9-13-21/h4-16,24H,17H2,1-3H3,(H,25,27). The number of hydrogen-bond acceptors (Lipinski definition) is 3. The second-order valence-corrected chi connectivity index (χ2v) is 9.29. The number of sulfonamides is 1. The third-order valence-electron chi connectivity index (χ3n) is 4.88. The number of carbonyl (C=O) groups excluding carboxylic acids is 1. The van der Waals surface area contributed by atoms with Crippen molar-refractivity contribution in [2.24, 2.45) is 0 Å². The number of rotatable bonds is 7. The fraction of sp³-hybridized carbons (Fsp3) is 0.208. The molecule has 3 rings (SSSR count). The number of amides is 1. The molecule has 1 N–H and O–H groups in total. The topological polar surface area (TPSA) is 66.5 Å². The first-order chi connectivity index (χ1) is 14.3. The normalized spacial score (nSPS) is 11.3. The molecule has 0 heterocycles. The minimum Gasteiger partial charge on any atom is -0.344 e. The van der Waals surface area contributed by atoms with Crippen LogP contribution >= 0.6 is 0 Å². The Kier molecular flexibility index (Phi) is 6.57. The van der Waals surface area contributed by atoms with Gasteiger partial charge < -0.3 is 5.32 Å². The molecule has 0 aliphatic rings. The van der Waals surface area contributed by atoms with E-state index in [9.17, 15) is 13.2 Å². The third-order valence-corrected chi connectivity index (χ3v) is 6.01. The molecule has 0 saturated heterocycles. The first-order valence-electron chi connectivity index (χ1n) is 9.70. The predicted molar refractivity (Wildman–Crippen MR) is 121 cm³/mol. The smallest absolute Gasteiger partial charge is 0.241 e. The molecule has 156 valence electrons. The van der Waals surface area contributed by atoms with Crippen LogP contribution in [0.5, 0.6) is 0 Å². The van der Waals surface area contributed by atoms with Crippen molar-refractivity contribution in [3.63, 3.8) is 0 Å². The maximum atomic E-state index is 13.0. The largest absolute Gasteiger partial charge is 0.344 e. The zero-order valence-electron chi connectivity index (χ0n) is 17.4. The molecule has 30 heavy (non-hydrogen) atoms. The average Bonchev–Trinajstić information content (AvgIpc) is 2.71. The summed E-state index contributed by atoms with van der Waals surface area (Å²) in [6.07, 6.45) is 1.12. The molecular formula is C24H26N2O3S. The SMILES string of the molecule is Cc1ccc(N(CC(=O)NC(c2ccccc2)c2ccccc2)S(C)(=O)=O)c(C)c1. The van der Waals surface area contributed by atoms with Gasteiger partial charge in [0, 0.05) is 0 Å². The van der Waals surface area contributed by atoms with E-state index in [0.29, 0.717) is 5.69 Å². The molecule has 6 heteroatoms. The maximum absolute atomic E-state index is 13.0. The highest BCUT2D eigenvalue weighted by molar-refractivity contribution is 7.92. The van der Waals surface area contributed by atoms with E-state index in [1.165, 1.54) is 0 Å². The van der Waals surface area contributed by atoms with Gasteiger partial charge >= 0.3 is 0 Å². The van der Waals surface area contributed by atoms with Gasteiger partial charge in [0.1, 0.15) is 6.54 Å². The van der Waals surface area contributed by atoms with Crippen LogP contribution in [0.3, 0.4) is 0 Å². The first kappa shape index (κ1) is 21.6. The van der Waals surface area contributed by atoms with Crippen molar-refractivity contribution in [1.82, 2.24) is 5.32 Å². The van der Waals surface area contributed by atoms with Crippen molar-refractivity contribution >= 4 is 21.6 Å². The number of nitrogens with one attached hydrogen (secondary N) is 1. The predicted octanol–water partition coefficient (Wildman–Crippen LogP) is 3.98. The van der Waals surface area contributed by atoms with Crippen molar-refractivity contribution in [1.29, 1.82) is 0 Å². The van der Waals surface area contributed by atoms with E-state index >= 15 is 0 Å². The molecule has 1 amide bonds. The lowest BCUT2D eigenvalue weighted by Gasteiger charge is -2.26. The van der Waals surface area contributed by atoms with Crippen molar-refractivity contribution in [3.05, 3.63) is 101 Å². The van der Waals surface area contributed by atoms with Gasteiger partial charge in [-0.1, -0.05) is 78.4 Å². The van der Waals surface area contributed by atoms with Crippen molar-refractivity contribution in [3.8, 4) is 0 Å². The van der Waals surface area contributed by atoms with Crippen LogP contribution in [0.4, 0.5) is 5.69 Å². The summed E-state index contributed by atoms with van der Waals surface area (Å²) in [6.45, 7) is 3.49. The fourth-order valence-electron chi connectivity index (χ4n) is 3.45. The van der Waals surface area contributed by atoms with Gasteiger partial charge in [0.25, 0.3) is 0 Å². The second-order valence-electron chi connectivity index (χ2n) is 7.38. The van der Waals surface area contributed by atoms with Gasteiger partial charge in [0.05, 0.1) is 18.0 Å². The summed E-state index contributed by atoms with van der Waals surface area (Å²) in [6, 6.07) is 24.4. The molecule has 3 aromatic rings. The highest BCUT2D eigenvalue weighted by Gasteiger charge is 2.24. The third kappa shape index (κ3) is 5.27. The van der Waals surface area contributed by atoms with Crippen LogP contribution in [0, 0.1) is 13.8 Å². The zero-order chi connectivity index (χ0) is 21.7. The maximum Gasteiger partial charge on any atom is 0.241 e. The van der Waals surface area contributed by atoms with Gasteiger partial charge in [0.2, 0.25) is 15.9 Å². The molecular weight excluding hydrogens is 396 g/mol. The Hall–Kier alpha value is -3.12. The lowest BCUT2D eigenvalue weighted by Crippen LogP contribution is -2.42. The first-order valence-corrected chi connectivity index (χ1v) is 11.5. The molecule has 0 radical (unpaired) electrons. The van der Waals surface area contributed by atoms with Crippen LogP contribution < -0.4 is 9.62 Å². The van der Waals surface area contributed by atoms with Crippen LogP contribution in [0.25, 0.3) is 0 Å². The molecule has 0 spiro atoms. The Labute approximate surface area is 178 Å². The van der Waals surface area contributed by atoms with E-state index in [0.717, 1.165) is 32.8 Å².